The fourth-order valence-electron chi connectivity index (χ4n) is 1.97. The number of halogens is 3. The van der Waals surface area contributed by atoms with Crippen molar-refractivity contribution in [2.75, 3.05) is 19.6 Å². The molecule has 0 spiro atoms. The van der Waals surface area contributed by atoms with Gasteiger partial charge in [-0.25, -0.2) is 8.42 Å². The third-order valence-corrected chi connectivity index (χ3v) is 6.17. The minimum absolute atomic E-state index is 0. The summed E-state index contributed by atoms with van der Waals surface area (Å²) in [5.74, 6) is 0. The Balaban J connectivity index is 0.00000180. The van der Waals surface area contributed by atoms with Crippen molar-refractivity contribution in [3.05, 3.63) is 27.7 Å². The minimum Gasteiger partial charge on any atom is -0.312 e. The van der Waals surface area contributed by atoms with Gasteiger partial charge in [0, 0.05) is 30.1 Å². The lowest BCUT2D eigenvalue weighted by molar-refractivity contribution is 0.310. The van der Waals surface area contributed by atoms with Crippen LogP contribution in [-0.4, -0.2) is 38.4 Å². The molecule has 0 aromatic heterocycles. The lowest BCUT2D eigenvalue weighted by Crippen LogP contribution is -2.51. The molecule has 1 atom stereocenters. The highest BCUT2D eigenvalue weighted by atomic mass is 79.9. The smallest absolute Gasteiger partial charge is 0.245 e. The van der Waals surface area contributed by atoms with Gasteiger partial charge in [-0.05, 0) is 35.0 Å². The summed E-state index contributed by atoms with van der Waals surface area (Å²) in [6.45, 7) is 3.54. The van der Waals surface area contributed by atoms with E-state index < -0.39 is 10.0 Å². The molecular formula is C11H15BrCl2N2O2S. The van der Waals surface area contributed by atoms with Crippen molar-refractivity contribution in [1.82, 2.24) is 9.62 Å². The van der Waals surface area contributed by atoms with E-state index in [2.05, 4.69) is 21.2 Å². The van der Waals surface area contributed by atoms with Gasteiger partial charge >= 0.3 is 0 Å². The van der Waals surface area contributed by atoms with Crippen molar-refractivity contribution in [2.45, 2.75) is 17.9 Å². The largest absolute Gasteiger partial charge is 0.312 e. The van der Waals surface area contributed by atoms with Crippen LogP contribution in [0.3, 0.4) is 0 Å². The van der Waals surface area contributed by atoms with Crippen molar-refractivity contribution in [3.63, 3.8) is 0 Å². The molecule has 1 aromatic rings. The van der Waals surface area contributed by atoms with Gasteiger partial charge in [0.05, 0.1) is 5.02 Å². The lowest BCUT2D eigenvalue weighted by Gasteiger charge is -2.31. The first kappa shape index (κ1) is 17.2. The lowest BCUT2D eigenvalue weighted by atomic mass is 10.3. The highest BCUT2D eigenvalue weighted by Crippen LogP contribution is 2.32. The molecule has 1 fully saturated rings. The fraction of sp³-hybridized carbons (Fsp3) is 0.455. The van der Waals surface area contributed by atoms with Crippen LogP contribution in [0.4, 0.5) is 0 Å². The first-order valence-corrected chi connectivity index (χ1v) is 8.21. The van der Waals surface area contributed by atoms with E-state index in [-0.39, 0.29) is 28.4 Å². The molecule has 0 amide bonds. The molecule has 1 aliphatic heterocycles. The molecule has 8 heteroatoms. The minimum atomic E-state index is -3.54. The molecule has 0 bridgehead atoms. The Bertz CT molecular complexity index is 533. The van der Waals surface area contributed by atoms with Crippen molar-refractivity contribution in [1.29, 1.82) is 0 Å². The first-order valence-electron chi connectivity index (χ1n) is 5.60. The normalized spacial score (nSPS) is 20.9. The molecule has 2 rings (SSSR count). The van der Waals surface area contributed by atoms with Crippen molar-refractivity contribution < 1.29 is 8.42 Å². The number of nitrogens with zero attached hydrogens (tertiary/aromatic N) is 1. The fourth-order valence-corrected chi connectivity index (χ4v) is 5.17. The molecule has 19 heavy (non-hydrogen) atoms. The van der Waals surface area contributed by atoms with E-state index in [1.807, 2.05) is 6.92 Å². The number of hydrogen-bond acceptors (Lipinski definition) is 3. The van der Waals surface area contributed by atoms with Gasteiger partial charge in [-0.2, -0.15) is 4.31 Å². The molecule has 0 unspecified atom stereocenters. The summed E-state index contributed by atoms with van der Waals surface area (Å²) in [5, 5.41) is 3.46. The Morgan fingerprint density at radius 2 is 2.16 bits per heavy atom. The van der Waals surface area contributed by atoms with Crippen molar-refractivity contribution in [3.8, 4) is 0 Å². The summed E-state index contributed by atoms with van der Waals surface area (Å²) in [7, 11) is -3.54. The molecule has 4 nitrogen and oxygen atoms in total. The molecule has 1 N–H and O–H groups in total. The van der Waals surface area contributed by atoms with Gasteiger partial charge in [0.25, 0.3) is 0 Å². The van der Waals surface area contributed by atoms with Gasteiger partial charge < -0.3 is 5.32 Å². The van der Waals surface area contributed by atoms with Gasteiger partial charge in [0.2, 0.25) is 10.0 Å². The molecule has 1 aliphatic rings. The summed E-state index contributed by atoms with van der Waals surface area (Å²) in [4.78, 5) is 0.153. The molecule has 1 aromatic carbocycles. The van der Waals surface area contributed by atoms with Crippen LogP contribution in [-0.2, 0) is 10.0 Å². The summed E-state index contributed by atoms with van der Waals surface area (Å²) in [6.07, 6.45) is 0. The third-order valence-electron chi connectivity index (χ3n) is 2.85. The number of sulfonamides is 1. The van der Waals surface area contributed by atoms with E-state index in [4.69, 9.17) is 11.6 Å². The average molecular weight is 390 g/mol. The zero-order valence-electron chi connectivity index (χ0n) is 10.3. The van der Waals surface area contributed by atoms with Gasteiger partial charge in [-0.15, -0.1) is 12.4 Å². The van der Waals surface area contributed by atoms with Crippen molar-refractivity contribution >= 4 is 50.0 Å². The summed E-state index contributed by atoms with van der Waals surface area (Å²) >= 11 is 9.28. The van der Waals surface area contributed by atoms with Gasteiger partial charge in [-0.3, -0.25) is 0 Å². The van der Waals surface area contributed by atoms with Crippen LogP contribution in [0.5, 0.6) is 0 Å². The predicted octanol–water partition coefficient (Wildman–Crippen LogP) is 2.51. The Hall–Kier alpha value is 0.150. The highest BCUT2D eigenvalue weighted by Gasteiger charge is 2.31. The number of nitrogens with one attached hydrogen (secondary N) is 1. The Morgan fingerprint density at radius 3 is 2.74 bits per heavy atom. The second-order valence-corrected chi connectivity index (χ2v) is 7.41. The molecule has 1 heterocycles. The maximum absolute atomic E-state index is 12.6. The Labute approximate surface area is 133 Å². The van der Waals surface area contributed by atoms with E-state index in [1.165, 1.54) is 4.31 Å². The number of rotatable bonds is 2. The zero-order valence-corrected chi connectivity index (χ0v) is 14.2. The maximum Gasteiger partial charge on any atom is 0.245 e. The van der Waals surface area contributed by atoms with Crippen LogP contribution >= 0.6 is 39.9 Å². The van der Waals surface area contributed by atoms with Crippen LogP contribution < -0.4 is 5.32 Å². The van der Waals surface area contributed by atoms with Gasteiger partial charge in [-0.1, -0.05) is 17.7 Å². The van der Waals surface area contributed by atoms with Crippen LogP contribution in [0.25, 0.3) is 0 Å². The second-order valence-electron chi connectivity index (χ2n) is 4.27. The van der Waals surface area contributed by atoms with E-state index in [0.29, 0.717) is 24.1 Å². The van der Waals surface area contributed by atoms with E-state index in [0.717, 1.165) is 0 Å². The number of benzene rings is 1. The maximum atomic E-state index is 12.6. The second kappa shape index (κ2) is 6.74. The first-order chi connectivity index (χ1) is 8.43. The van der Waals surface area contributed by atoms with E-state index in [9.17, 15) is 8.42 Å². The predicted molar refractivity (Wildman–Crippen MR) is 82.6 cm³/mol. The quantitative estimate of drug-likeness (QED) is 0.845. The highest BCUT2D eigenvalue weighted by molar-refractivity contribution is 9.10. The van der Waals surface area contributed by atoms with Crippen LogP contribution in [0, 0.1) is 0 Å². The monoisotopic (exact) mass is 388 g/mol. The molecule has 1 saturated heterocycles. The topological polar surface area (TPSA) is 49.4 Å². The molecule has 0 aliphatic carbocycles. The van der Waals surface area contributed by atoms with Crippen molar-refractivity contribution in [2.24, 2.45) is 0 Å². The molecular weight excluding hydrogens is 375 g/mol. The summed E-state index contributed by atoms with van der Waals surface area (Å²) in [5.41, 5.74) is 0. The molecule has 108 valence electrons. The number of piperazine rings is 1. The van der Waals surface area contributed by atoms with Gasteiger partial charge in [0.1, 0.15) is 4.90 Å². The SMILES string of the molecule is C[C@H]1CN(S(=O)(=O)c2c(Cl)cccc2Br)CCN1.Cl. The Kier molecular flexibility index (Phi) is 6.10. The molecule has 0 saturated carbocycles. The summed E-state index contributed by atoms with van der Waals surface area (Å²) < 4.78 is 27.1. The van der Waals surface area contributed by atoms with E-state index >= 15 is 0 Å². The standard InChI is InChI=1S/C11H14BrClN2O2S.ClH/c1-8-7-15(6-5-14-8)18(16,17)11-9(12)3-2-4-10(11)13;/h2-4,8,14H,5-7H2,1H3;1H/t8-;/m0./s1. The zero-order chi connectivity index (χ0) is 13.3. The van der Waals surface area contributed by atoms with Crippen LogP contribution in [0.2, 0.25) is 5.02 Å². The Morgan fingerprint density at radius 1 is 1.47 bits per heavy atom. The number of hydrogen-bond donors (Lipinski definition) is 1. The van der Waals surface area contributed by atoms with E-state index in [1.54, 1.807) is 18.2 Å². The third kappa shape index (κ3) is 3.62. The average Bonchev–Trinajstić information content (AvgIpc) is 2.28. The van der Waals surface area contributed by atoms with Crippen LogP contribution in [0.15, 0.2) is 27.6 Å². The summed E-state index contributed by atoms with van der Waals surface area (Å²) in [6, 6.07) is 5.14. The van der Waals surface area contributed by atoms with Gasteiger partial charge in [0.15, 0.2) is 0 Å². The molecule has 0 radical (unpaired) electrons. The van der Waals surface area contributed by atoms with Crippen LogP contribution in [0.1, 0.15) is 6.92 Å².